The van der Waals surface area contributed by atoms with Crippen LogP contribution in [0.3, 0.4) is 0 Å². The molecule has 2 aromatic rings. The van der Waals surface area contributed by atoms with Gasteiger partial charge in [0, 0.05) is 11.3 Å². The van der Waals surface area contributed by atoms with Gasteiger partial charge < -0.3 is 15.9 Å². The van der Waals surface area contributed by atoms with Gasteiger partial charge in [-0.15, -0.1) is 0 Å². The van der Waals surface area contributed by atoms with Crippen LogP contribution >= 0.6 is 0 Å². The van der Waals surface area contributed by atoms with Gasteiger partial charge in [-0.1, -0.05) is 13.8 Å². The standard InChI is InChI=1S/C11H15N3O/c1-3-6-5-8-10(14-11(13)15-8)7(4-2)9(6)12/h5H,3-4,12H2,1-2H3,(H2,13,14). The van der Waals surface area contributed by atoms with Crippen LogP contribution in [0.25, 0.3) is 11.1 Å². The first-order chi connectivity index (χ1) is 7.17. The lowest BCUT2D eigenvalue weighted by atomic mass is 10.0. The van der Waals surface area contributed by atoms with E-state index in [0.29, 0.717) is 0 Å². The Morgan fingerprint density at radius 1 is 1.27 bits per heavy atom. The molecule has 0 fully saturated rings. The second-order valence-corrected chi connectivity index (χ2v) is 3.53. The molecule has 0 atom stereocenters. The number of anilines is 2. The van der Waals surface area contributed by atoms with E-state index in [1.54, 1.807) is 0 Å². The smallest absolute Gasteiger partial charge is 0.292 e. The molecule has 0 radical (unpaired) electrons. The van der Waals surface area contributed by atoms with Crippen LogP contribution in [-0.4, -0.2) is 4.98 Å². The average molecular weight is 205 g/mol. The number of nitrogens with two attached hydrogens (primary N) is 2. The Labute approximate surface area is 88.3 Å². The molecule has 15 heavy (non-hydrogen) atoms. The lowest BCUT2D eigenvalue weighted by molar-refractivity contribution is 0.626. The van der Waals surface area contributed by atoms with Gasteiger partial charge in [-0.05, 0) is 24.5 Å². The number of rotatable bonds is 2. The second-order valence-electron chi connectivity index (χ2n) is 3.53. The third kappa shape index (κ3) is 1.42. The maximum atomic E-state index is 6.06. The number of fused-ring (bicyclic) bond motifs is 1. The van der Waals surface area contributed by atoms with Gasteiger partial charge in [-0.25, -0.2) is 0 Å². The molecule has 4 nitrogen and oxygen atoms in total. The van der Waals surface area contributed by atoms with Crippen molar-refractivity contribution >= 4 is 22.8 Å². The van der Waals surface area contributed by atoms with E-state index in [2.05, 4.69) is 18.8 Å². The van der Waals surface area contributed by atoms with Crippen LogP contribution in [0.2, 0.25) is 0 Å². The molecular weight excluding hydrogens is 190 g/mol. The minimum absolute atomic E-state index is 0.201. The second kappa shape index (κ2) is 3.46. The quantitative estimate of drug-likeness (QED) is 0.736. The van der Waals surface area contributed by atoms with Gasteiger partial charge in [-0.3, -0.25) is 0 Å². The summed E-state index contributed by atoms with van der Waals surface area (Å²) in [5, 5.41) is 0. The van der Waals surface area contributed by atoms with E-state index in [0.717, 1.165) is 40.8 Å². The lowest BCUT2D eigenvalue weighted by Crippen LogP contribution is -1.99. The van der Waals surface area contributed by atoms with Gasteiger partial charge in [-0.2, -0.15) is 4.98 Å². The molecule has 0 aliphatic heterocycles. The number of oxazole rings is 1. The number of hydrogen-bond acceptors (Lipinski definition) is 4. The van der Waals surface area contributed by atoms with Crippen molar-refractivity contribution in [3.8, 4) is 0 Å². The van der Waals surface area contributed by atoms with Gasteiger partial charge in [0.05, 0.1) is 0 Å². The molecule has 0 amide bonds. The van der Waals surface area contributed by atoms with Gasteiger partial charge in [0.1, 0.15) is 5.52 Å². The number of nitrogens with zero attached hydrogens (tertiary/aromatic N) is 1. The summed E-state index contributed by atoms with van der Waals surface area (Å²) in [6.45, 7) is 4.12. The zero-order valence-corrected chi connectivity index (χ0v) is 9.00. The van der Waals surface area contributed by atoms with Gasteiger partial charge in [0.2, 0.25) is 0 Å². The van der Waals surface area contributed by atoms with Gasteiger partial charge in [0.25, 0.3) is 6.01 Å². The van der Waals surface area contributed by atoms with Crippen molar-refractivity contribution in [2.75, 3.05) is 11.5 Å². The van der Waals surface area contributed by atoms with Crippen molar-refractivity contribution < 1.29 is 4.42 Å². The third-order valence-electron chi connectivity index (χ3n) is 2.67. The maximum absolute atomic E-state index is 6.06. The van der Waals surface area contributed by atoms with Gasteiger partial charge in [0.15, 0.2) is 5.58 Å². The fraction of sp³-hybridized carbons (Fsp3) is 0.364. The monoisotopic (exact) mass is 205 g/mol. The largest absolute Gasteiger partial charge is 0.424 e. The van der Waals surface area contributed by atoms with E-state index in [4.69, 9.17) is 15.9 Å². The normalized spacial score (nSPS) is 11.1. The summed E-state index contributed by atoms with van der Waals surface area (Å²) in [6, 6.07) is 2.13. The van der Waals surface area contributed by atoms with Crippen molar-refractivity contribution in [3.63, 3.8) is 0 Å². The van der Waals surface area contributed by atoms with Crippen LogP contribution in [0.1, 0.15) is 25.0 Å². The number of aromatic nitrogens is 1. The Balaban J connectivity index is 2.82. The minimum Gasteiger partial charge on any atom is -0.424 e. The number of hydrogen-bond donors (Lipinski definition) is 2. The highest BCUT2D eigenvalue weighted by molar-refractivity contribution is 5.85. The Morgan fingerprint density at radius 2 is 2.00 bits per heavy atom. The predicted molar refractivity (Wildman–Crippen MR) is 61.6 cm³/mol. The van der Waals surface area contributed by atoms with Gasteiger partial charge >= 0.3 is 0 Å². The molecule has 0 aliphatic rings. The van der Waals surface area contributed by atoms with E-state index in [9.17, 15) is 0 Å². The molecule has 0 saturated heterocycles. The van der Waals surface area contributed by atoms with Crippen LogP contribution in [0.4, 0.5) is 11.7 Å². The fourth-order valence-corrected chi connectivity index (χ4v) is 1.87. The molecule has 4 N–H and O–H groups in total. The van der Waals surface area contributed by atoms with E-state index < -0.39 is 0 Å². The van der Waals surface area contributed by atoms with Crippen LogP contribution in [0.15, 0.2) is 10.5 Å². The van der Waals surface area contributed by atoms with Crippen molar-refractivity contribution in [1.29, 1.82) is 0 Å². The SMILES string of the molecule is CCc1cc2oc(N)nc2c(CC)c1N. The molecule has 1 aromatic heterocycles. The minimum atomic E-state index is 0.201. The molecule has 1 heterocycles. The molecule has 0 bridgehead atoms. The van der Waals surface area contributed by atoms with Crippen molar-refractivity contribution in [1.82, 2.24) is 4.98 Å². The average Bonchev–Trinajstić information content (AvgIpc) is 2.57. The molecule has 0 aliphatic carbocycles. The summed E-state index contributed by atoms with van der Waals surface area (Å²) < 4.78 is 5.32. The molecule has 4 heteroatoms. The summed E-state index contributed by atoms with van der Waals surface area (Å²) in [5.74, 6) is 0. The predicted octanol–water partition coefficient (Wildman–Crippen LogP) is 2.12. The molecule has 0 spiro atoms. The summed E-state index contributed by atoms with van der Waals surface area (Å²) in [6.07, 6.45) is 1.72. The topological polar surface area (TPSA) is 78.1 Å². The Morgan fingerprint density at radius 3 is 2.60 bits per heavy atom. The number of nitrogen functional groups attached to an aromatic ring is 2. The molecular formula is C11H15N3O. The number of benzene rings is 1. The fourth-order valence-electron chi connectivity index (χ4n) is 1.87. The van der Waals surface area contributed by atoms with E-state index in [1.807, 2.05) is 6.07 Å². The summed E-state index contributed by atoms with van der Waals surface area (Å²) >= 11 is 0. The molecule has 2 rings (SSSR count). The summed E-state index contributed by atoms with van der Waals surface area (Å²) in [7, 11) is 0. The van der Waals surface area contributed by atoms with E-state index >= 15 is 0 Å². The first-order valence-corrected chi connectivity index (χ1v) is 5.13. The Kier molecular flexibility index (Phi) is 2.26. The van der Waals surface area contributed by atoms with E-state index in [1.165, 1.54) is 0 Å². The first kappa shape index (κ1) is 9.83. The lowest BCUT2D eigenvalue weighted by Gasteiger charge is -2.08. The molecule has 0 unspecified atom stereocenters. The Hall–Kier alpha value is -1.71. The van der Waals surface area contributed by atoms with Crippen LogP contribution < -0.4 is 11.5 Å². The van der Waals surface area contributed by atoms with Crippen LogP contribution in [0, 0.1) is 0 Å². The van der Waals surface area contributed by atoms with Crippen LogP contribution in [0.5, 0.6) is 0 Å². The summed E-state index contributed by atoms with van der Waals surface area (Å²) in [5.41, 5.74) is 16.1. The molecule has 0 saturated carbocycles. The van der Waals surface area contributed by atoms with Crippen LogP contribution in [-0.2, 0) is 12.8 Å². The Bertz CT molecular complexity index is 502. The molecule has 1 aromatic carbocycles. The highest BCUT2D eigenvalue weighted by Gasteiger charge is 2.13. The van der Waals surface area contributed by atoms with Crippen molar-refractivity contribution in [2.24, 2.45) is 0 Å². The van der Waals surface area contributed by atoms with E-state index in [-0.39, 0.29) is 6.01 Å². The highest BCUT2D eigenvalue weighted by atomic mass is 16.4. The van der Waals surface area contributed by atoms with Crippen molar-refractivity contribution in [3.05, 3.63) is 17.2 Å². The maximum Gasteiger partial charge on any atom is 0.292 e. The third-order valence-corrected chi connectivity index (χ3v) is 2.67. The summed E-state index contributed by atoms with van der Waals surface area (Å²) in [4.78, 5) is 4.15. The molecule has 80 valence electrons. The zero-order valence-electron chi connectivity index (χ0n) is 9.00. The first-order valence-electron chi connectivity index (χ1n) is 5.13. The number of aryl methyl sites for hydroxylation is 2. The zero-order chi connectivity index (χ0) is 11.0. The highest BCUT2D eigenvalue weighted by Crippen LogP contribution is 2.29. The van der Waals surface area contributed by atoms with Crippen molar-refractivity contribution in [2.45, 2.75) is 26.7 Å².